The number of carbonyl (C=O) groups excluding carboxylic acids is 1. The molecule has 0 atom stereocenters. The summed E-state index contributed by atoms with van der Waals surface area (Å²) < 4.78 is 5.15. The number of hydrogen-bond acceptors (Lipinski definition) is 5. The molecule has 2 heterocycles. The average Bonchev–Trinajstić information content (AvgIpc) is 2.73. The van der Waals surface area contributed by atoms with Crippen LogP contribution in [0, 0.1) is 6.92 Å². The van der Waals surface area contributed by atoms with Crippen molar-refractivity contribution in [1.29, 1.82) is 0 Å². The minimum atomic E-state index is -0.262. The Morgan fingerprint density at radius 1 is 1.11 bits per heavy atom. The van der Waals surface area contributed by atoms with Gasteiger partial charge in [-0.05, 0) is 61.7 Å². The first-order valence-electron chi connectivity index (χ1n) is 9.30. The number of para-hydroxylation sites is 1. The van der Waals surface area contributed by atoms with Crippen LogP contribution in [-0.4, -0.2) is 29.5 Å². The highest BCUT2D eigenvalue weighted by molar-refractivity contribution is 6.03. The zero-order valence-corrected chi connectivity index (χ0v) is 16.0. The number of ether oxygens (including phenoxy) is 1. The molecule has 0 spiro atoms. The number of rotatable bonds is 4. The van der Waals surface area contributed by atoms with Gasteiger partial charge in [0.05, 0.1) is 7.11 Å². The molecule has 6 heteroatoms. The van der Waals surface area contributed by atoms with E-state index in [2.05, 4.69) is 32.3 Å². The number of fused-ring (bicyclic) bond motifs is 1. The topological polar surface area (TPSA) is 67.3 Å². The van der Waals surface area contributed by atoms with Crippen LogP contribution in [-0.2, 0) is 6.42 Å². The molecule has 3 aromatic rings. The van der Waals surface area contributed by atoms with E-state index >= 15 is 0 Å². The number of nitrogens with zero attached hydrogens (tertiary/aromatic N) is 3. The van der Waals surface area contributed by atoms with Crippen molar-refractivity contribution in [3.63, 3.8) is 0 Å². The molecule has 1 aliphatic heterocycles. The second kappa shape index (κ2) is 7.68. The summed E-state index contributed by atoms with van der Waals surface area (Å²) in [4.78, 5) is 24.0. The summed E-state index contributed by atoms with van der Waals surface area (Å²) in [7, 11) is 1.61. The van der Waals surface area contributed by atoms with Gasteiger partial charge in [-0.2, -0.15) is 0 Å². The smallest absolute Gasteiger partial charge is 0.274 e. The van der Waals surface area contributed by atoms with Gasteiger partial charge in [0.25, 0.3) is 5.91 Å². The molecule has 0 unspecified atom stereocenters. The van der Waals surface area contributed by atoms with Gasteiger partial charge in [-0.15, -0.1) is 0 Å². The Bertz CT molecular complexity index is 1000. The Morgan fingerprint density at radius 2 is 1.89 bits per heavy atom. The Morgan fingerprint density at radius 3 is 2.68 bits per heavy atom. The monoisotopic (exact) mass is 374 g/mol. The zero-order valence-electron chi connectivity index (χ0n) is 16.0. The number of carbonyl (C=O) groups is 1. The highest BCUT2D eigenvalue weighted by atomic mass is 16.5. The van der Waals surface area contributed by atoms with E-state index in [9.17, 15) is 4.79 Å². The van der Waals surface area contributed by atoms with Crippen molar-refractivity contribution in [2.24, 2.45) is 0 Å². The van der Waals surface area contributed by atoms with Gasteiger partial charge < -0.3 is 15.0 Å². The van der Waals surface area contributed by atoms with Gasteiger partial charge in [-0.1, -0.05) is 18.2 Å². The molecule has 4 rings (SSSR count). The number of nitrogens with one attached hydrogen (secondary N) is 1. The minimum Gasteiger partial charge on any atom is -0.497 e. The first-order valence-corrected chi connectivity index (χ1v) is 9.30. The molecule has 0 bridgehead atoms. The normalized spacial score (nSPS) is 13.0. The van der Waals surface area contributed by atoms with Crippen LogP contribution in [0.3, 0.4) is 0 Å². The van der Waals surface area contributed by atoms with Gasteiger partial charge in [0.2, 0.25) is 5.95 Å². The van der Waals surface area contributed by atoms with E-state index < -0.39 is 0 Å². The molecule has 1 N–H and O–H groups in total. The van der Waals surface area contributed by atoms with Crippen LogP contribution < -0.4 is 15.0 Å². The summed E-state index contributed by atoms with van der Waals surface area (Å²) in [6.07, 6.45) is 2.07. The first-order chi connectivity index (χ1) is 13.6. The Hall–Kier alpha value is -3.41. The van der Waals surface area contributed by atoms with Gasteiger partial charge in [-0.3, -0.25) is 4.79 Å². The van der Waals surface area contributed by atoms with Crippen molar-refractivity contribution in [1.82, 2.24) is 9.97 Å². The van der Waals surface area contributed by atoms with Crippen molar-refractivity contribution in [3.05, 3.63) is 71.5 Å². The van der Waals surface area contributed by atoms with E-state index in [0.29, 0.717) is 17.3 Å². The van der Waals surface area contributed by atoms with E-state index in [1.165, 1.54) is 5.56 Å². The molecule has 0 fully saturated rings. The molecule has 2 aromatic carbocycles. The lowest BCUT2D eigenvalue weighted by Gasteiger charge is -2.29. The lowest BCUT2D eigenvalue weighted by Crippen LogP contribution is -2.27. The van der Waals surface area contributed by atoms with E-state index in [4.69, 9.17) is 4.74 Å². The Labute approximate surface area is 164 Å². The summed E-state index contributed by atoms with van der Waals surface area (Å²) in [6.45, 7) is 2.71. The predicted molar refractivity (Wildman–Crippen MR) is 109 cm³/mol. The second-order valence-electron chi connectivity index (χ2n) is 6.76. The molecule has 0 radical (unpaired) electrons. The van der Waals surface area contributed by atoms with Crippen molar-refractivity contribution in [2.45, 2.75) is 19.8 Å². The molecule has 0 aliphatic carbocycles. The highest BCUT2D eigenvalue weighted by Crippen LogP contribution is 2.31. The Kier molecular flexibility index (Phi) is 4.93. The van der Waals surface area contributed by atoms with Crippen molar-refractivity contribution >= 4 is 23.2 Å². The van der Waals surface area contributed by atoms with Crippen LogP contribution in [0.15, 0.2) is 54.6 Å². The number of benzene rings is 2. The third-order valence-electron chi connectivity index (χ3n) is 4.77. The average molecular weight is 374 g/mol. The van der Waals surface area contributed by atoms with Gasteiger partial charge in [0, 0.05) is 23.6 Å². The van der Waals surface area contributed by atoms with E-state index in [-0.39, 0.29) is 5.91 Å². The maximum absolute atomic E-state index is 12.8. The van der Waals surface area contributed by atoms with Gasteiger partial charge >= 0.3 is 0 Å². The molecule has 1 amide bonds. The molecular weight excluding hydrogens is 352 g/mol. The largest absolute Gasteiger partial charge is 0.497 e. The molecule has 142 valence electrons. The lowest BCUT2D eigenvalue weighted by atomic mass is 10.0. The van der Waals surface area contributed by atoms with E-state index in [1.807, 2.05) is 19.1 Å². The van der Waals surface area contributed by atoms with Gasteiger partial charge in [0.15, 0.2) is 0 Å². The number of anilines is 3. The highest BCUT2D eigenvalue weighted by Gasteiger charge is 2.21. The maximum Gasteiger partial charge on any atom is 0.274 e. The third kappa shape index (κ3) is 3.67. The lowest BCUT2D eigenvalue weighted by molar-refractivity contribution is 0.102. The second-order valence-corrected chi connectivity index (χ2v) is 6.76. The summed E-state index contributed by atoms with van der Waals surface area (Å²) in [5, 5.41) is 2.88. The molecule has 6 nitrogen and oxygen atoms in total. The fourth-order valence-electron chi connectivity index (χ4n) is 3.40. The quantitative estimate of drug-likeness (QED) is 0.744. The maximum atomic E-state index is 12.8. The minimum absolute atomic E-state index is 0.262. The van der Waals surface area contributed by atoms with E-state index in [0.717, 1.165) is 36.5 Å². The zero-order chi connectivity index (χ0) is 19.5. The summed E-state index contributed by atoms with van der Waals surface area (Å²) in [6, 6.07) is 17.2. The number of amides is 1. The summed E-state index contributed by atoms with van der Waals surface area (Å²) in [5.74, 6) is 1.04. The van der Waals surface area contributed by atoms with Crippen molar-refractivity contribution in [2.75, 3.05) is 23.9 Å². The van der Waals surface area contributed by atoms with Crippen LogP contribution in [0.2, 0.25) is 0 Å². The number of methoxy groups -OCH3 is 1. The van der Waals surface area contributed by atoms with Crippen LogP contribution in [0.1, 0.15) is 28.2 Å². The molecule has 1 aromatic heterocycles. The predicted octanol–water partition coefficient (Wildman–Crippen LogP) is 4.13. The summed E-state index contributed by atoms with van der Waals surface area (Å²) in [5.41, 5.74) is 4.19. The van der Waals surface area contributed by atoms with E-state index in [1.54, 1.807) is 37.4 Å². The molecule has 0 saturated heterocycles. The molecule has 28 heavy (non-hydrogen) atoms. The van der Waals surface area contributed by atoms with Crippen LogP contribution in [0.25, 0.3) is 0 Å². The third-order valence-corrected chi connectivity index (χ3v) is 4.77. The summed E-state index contributed by atoms with van der Waals surface area (Å²) >= 11 is 0. The SMILES string of the molecule is COc1ccc(NC(=O)c2cc(C)nc(N3CCCc4ccccc43)n2)cc1. The van der Waals surface area contributed by atoms with Crippen molar-refractivity contribution in [3.8, 4) is 5.75 Å². The van der Waals surface area contributed by atoms with Crippen molar-refractivity contribution < 1.29 is 9.53 Å². The molecule has 1 aliphatic rings. The molecular formula is C22H22N4O2. The number of aryl methyl sites for hydroxylation is 2. The van der Waals surface area contributed by atoms with Gasteiger partial charge in [-0.25, -0.2) is 9.97 Å². The standard InChI is InChI=1S/C22H22N4O2/c1-15-14-19(21(27)24-17-9-11-18(28-2)12-10-17)25-22(23-15)26-13-5-7-16-6-3-4-8-20(16)26/h3-4,6,8-12,14H,5,7,13H2,1-2H3,(H,24,27). The number of hydrogen-bond donors (Lipinski definition) is 1. The molecule has 0 saturated carbocycles. The number of aromatic nitrogens is 2. The fraction of sp³-hybridized carbons (Fsp3) is 0.227. The van der Waals surface area contributed by atoms with Crippen LogP contribution >= 0.6 is 0 Å². The van der Waals surface area contributed by atoms with Crippen LogP contribution in [0.5, 0.6) is 5.75 Å². The van der Waals surface area contributed by atoms with Gasteiger partial charge in [0.1, 0.15) is 11.4 Å². The fourth-order valence-corrected chi connectivity index (χ4v) is 3.40. The first kappa shape index (κ1) is 18.0. The Balaban J connectivity index is 1.61. The van der Waals surface area contributed by atoms with Crippen LogP contribution in [0.4, 0.5) is 17.3 Å².